The molecule has 6 heteroatoms. The van der Waals surface area contributed by atoms with Crippen LogP contribution in [0.3, 0.4) is 0 Å². The Balaban J connectivity index is 1.94. The molecule has 26 heavy (non-hydrogen) atoms. The molecule has 0 unspecified atom stereocenters. The molecule has 0 aliphatic heterocycles. The van der Waals surface area contributed by atoms with Gasteiger partial charge in [0.2, 0.25) is 11.8 Å². The third-order valence-corrected chi connectivity index (χ3v) is 4.63. The van der Waals surface area contributed by atoms with Crippen LogP contribution in [-0.2, 0) is 22.6 Å². The normalized spacial score (nSPS) is 10.5. The Labute approximate surface area is 164 Å². The molecule has 2 aromatic carbocycles. The molecule has 0 saturated carbocycles. The van der Waals surface area contributed by atoms with Crippen LogP contribution in [0.2, 0.25) is 10.0 Å². The summed E-state index contributed by atoms with van der Waals surface area (Å²) in [5.41, 5.74) is 2.58. The van der Waals surface area contributed by atoms with E-state index in [1.54, 1.807) is 24.0 Å². The average Bonchev–Trinajstić information content (AvgIpc) is 2.59. The Bertz CT molecular complexity index is 793. The van der Waals surface area contributed by atoms with Crippen molar-refractivity contribution < 1.29 is 9.59 Å². The molecule has 0 heterocycles. The summed E-state index contributed by atoms with van der Waals surface area (Å²) in [5.74, 6) is -0.0612. The van der Waals surface area contributed by atoms with Crippen LogP contribution in [0, 0.1) is 0 Å². The molecule has 0 fully saturated rings. The zero-order valence-corrected chi connectivity index (χ0v) is 16.4. The molecule has 0 aliphatic rings. The van der Waals surface area contributed by atoms with Gasteiger partial charge in [-0.05, 0) is 48.7 Å². The van der Waals surface area contributed by atoms with Gasteiger partial charge in [-0.15, -0.1) is 0 Å². The van der Waals surface area contributed by atoms with Crippen molar-refractivity contribution in [1.82, 2.24) is 4.90 Å². The van der Waals surface area contributed by atoms with Gasteiger partial charge in [-0.2, -0.15) is 0 Å². The molecule has 0 spiro atoms. The lowest BCUT2D eigenvalue weighted by atomic mass is 10.1. The number of halogens is 2. The SMILES string of the molecule is CCN(Cc1cccc(NC(=O)CCc2ccc(Cl)cc2Cl)c1)C(C)=O. The van der Waals surface area contributed by atoms with Crippen molar-refractivity contribution in [2.75, 3.05) is 11.9 Å². The zero-order chi connectivity index (χ0) is 19.1. The van der Waals surface area contributed by atoms with Gasteiger partial charge in [-0.25, -0.2) is 0 Å². The molecule has 1 N–H and O–H groups in total. The Hall–Kier alpha value is -2.04. The summed E-state index contributed by atoms with van der Waals surface area (Å²) in [4.78, 5) is 25.5. The number of nitrogens with one attached hydrogen (secondary N) is 1. The maximum Gasteiger partial charge on any atom is 0.224 e. The second-order valence-corrected chi connectivity index (χ2v) is 6.86. The van der Waals surface area contributed by atoms with Gasteiger partial charge in [-0.1, -0.05) is 41.4 Å². The minimum absolute atomic E-state index is 0.0294. The van der Waals surface area contributed by atoms with E-state index >= 15 is 0 Å². The van der Waals surface area contributed by atoms with Crippen LogP contribution in [0.15, 0.2) is 42.5 Å². The fourth-order valence-electron chi connectivity index (χ4n) is 2.61. The van der Waals surface area contributed by atoms with Gasteiger partial charge in [0, 0.05) is 42.2 Å². The van der Waals surface area contributed by atoms with Crippen molar-refractivity contribution in [2.24, 2.45) is 0 Å². The number of amides is 2. The number of nitrogens with zero attached hydrogens (tertiary/aromatic N) is 1. The molecule has 0 saturated heterocycles. The van der Waals surface area contributed by atoms with Crippen molar-refractivity contribution in [1.29, 1.82) is 0 Å². The molecule has 2 rings (SSSR count). The van der Waals surface area contributed by atoms with E-state index in [1.807, 2.05) is 37.3 Å². The first-order valence-corrected chi connectivity index (χ1v) is 9.23. The van der Waals surface area contributed by atoms with Crippen LogP contribution in [0.4, 0.5) is 5.69 Å². The van der Waals surface area contributed by atoms with Crippen LogP contribution in [0.1, 0.15) is 31.4 Å². The number of anilines is 1. The average molecular weight is 393 g/mol. The predicted octanol–water partition coefficient (Wildman–Crippen LogP) is 4.93. The number of carbonyl (C=O) groups excluding carboxylic acids is 2. The fourth-order valence-corrected chi connectivity index (χ4v) is 3.11. The number of hydrogen-bond acceptors (Lipinski definition) is 2. The summed E-state index contributed by atoms with van der Waals surface area (Å²) >= 11 is 12.0. The largest absolute Gasteiger partial charge is 0.339 e. The number of benzene rings is 2. The van der Waals surface area contributed by atoms with Gasteiger partial charge in [0.25, 0.3) is 0 Å². The van der Waals surface area contributed by atoms with Crippen LogP contribution >= 0.6 is 23.2 Å². The second kappa shape index (κ2) is 9.60. The number of hydrogen-bond donors (Lipinski definition) is 1. The van der Waals surface area contributed by atoms with Gasteiger partial charge in [0.05, 0.1) is 0 Å². The minimum Gasteiger partial charge on any atom is -0.339 e. The summed E-state index contributed by atoms with van der Waals surface area (Å²) in [6, 6.07) is 12.8. The van der Waals surface area contributed by atoms with Crippen molar-refractivity contribution in [3.63, 3.8) is 0 Å². The van der Waals surface area contributed by atoms with Crippen LogP contribution in [0.5, 0.6) is 0 Å². The summed E-state index contributed by atoms with van der Waals surface area (Å²) in [5, 5.41) is 4.03. The molecule has 138 valence electrons. The molecule has 0 atom stereocenters. The monoisotopic (exact) mass is 392 g/mol. The predicted molar refractivity (Wildman–Crippen MR) is 107 cm³/mol. The van der Waals surface area contributed by atoms with E-state index in [2.05, 4.69) is 5.32 Å². The van der Waals surface area contributed by atoms with E-state index in [0.717, 1.165) is 11.1 Å². The van der Waals surface area contributed by atoms with Gasteiger partial charge in [-0.3, -0.25) is 9.59 Å². The van der Waals surface area contributed by atoms with Crippen LogP contribution < -0.4 is 5.32 Å². The fraction of sp³-hybridized carbons (Fsp3) is 0.300. The highest BCUT2D eigenvalue weighted by Crippen LogP contribution is 2.22. The van der Waals surface area contributed by atoms with Gasteiger partial charge in [0.15, 0.2) is 0 Å². The van der Waals surface area contributed by atoms with Crippen LogP contribution in [0.25, 0.3) is 0 Å². The number of carbonyl (C=O) groups is 2. The lowest BCUT2D eigenvalue weighted by Crippen LogP contribution is -2.27. The number of aryl methyl sites for hydroxylation is 1. The van der Waals surface area contributed by atoms with Crippen molar-refractivity contribution in [3.8, 4) is 0 Å². The van der Waals surface area contributed by atoms with E-state index < -0.39 is 0 Å². The smallest absolute Gasteiger partial charge is 0.224 e. The molecular weight excluding hydrogens is 371 g/mol. The quantitative estimate of drug-likeness (QED) is 0.725. The standard InChI is InChI=1S/C20H22Cl2N2O2/c1-3-24(14(2)25)13-15-5-4-6-18(11-15)23-20(26)10-8-16-7-9-17(21)12-19(16)22/h4-7,9,11-12H,3,8,10,13H2,1-2H3,(H,23,26). The Kier molecular flexibility index (Phi) is 7.49. The second-order valence-electron chi connectivity index (χ2n) is 6.02. The molecule has 0 aliphatic carbocycles. The summed E-state index contributed by atoms with van der Waals surface area (Å²) in [6.45, 7) is 4.66. The first-order valence-electron chi connectivity index (χ1n) is 8.47. The summed E-state index contributed by atoms with van der Waals surface area (Å²) in [7, 11) is 0. The third kappa shape index (κ3) is 6.04. The molecule has 0 aromatic heterocycles. The summed E-state index contributed by atoms with van der Waals surface area (Å²) in [6.07, 6.45) is 0.857. The van der Waals surface area contributed by atoms with E-state index in [9.17, 15) is 9.59 Å². The molecule has 4 nitrogen and oxygen atoms in total. The minimum atomic E-state index is -0.0907. The molecule has 2 amide bonds. The highest BCUT2D eigenvalue weighted by Gasteiger charge is 2.09. The van der Waals surface area contributed by atoms with Crippen molar-refractivity contribution in [3.05, 3.63) is 63.6 Å². The Morgan fingerprint density at radius 3 is 2.54 bits per heavy atom. The maximum absolute atomic E-state index is 12.2. The Morgan fingerprint density at radius 2 is 1.88 bits per heavy atom. The van der Waals surface area contributed by atoms with Crippen molar-refractivity contribution >= 4 is 40.7 Å². The molecular formula is C20H22Cl2N2O2. The van der Waals surface area contributed by atoms with E-state index in [4.69, 9.17) is 23.2 Å². The summed E-state index contributed by atoms with van der Waals surface area (Å²) < 4.78 is 0. The van der Waals surface area contributed by atoms with E-state index in [1.165, 1.54) is 0 Å². The molecule has 0 radical (unpaired) electrons. The third-order valence-electron chi connectivity index (χ3n) is 4.05. The van der Waals surface area contributed by atoms with E-state index in [0.29, 0.717) is 41.7 Å². The first-order chi connectivity index (χ1) is 12.4. The lowest BCUT2D eigenvalue weighted by Gasteiger charge is -2.19. The molecule has 0 bridgehead atoms. The van der Waals surface area contributed by atoms with Crippen molar-refractivity contribution in [2.45, 2.75) is 33.2 Å². The highest BCUT2D eigenvalue weighted by molar-refractivity contribution is 6.35. The lowest BCUT2D eigenvalue weighted by molar-refractivity contribution is -0.129. The Morgan fingerprint density at radius 1 is 1.12 bits per heavy atom. The van der Waals surface area contributed by atoms with Gasteiger partial charge in [0.1, 0.15) is 0 Å². The van der Waals surface area contributed by atoms with Crippen LogP contribution in [-0.4, -0.2) is 23.3 Å². The maximum atomic E-state index is 12.2. The highest BCUT2D eigenvalue weighted by atomic mass is 35.5. The van der Waals surface area contributed by atoms with Gasteiger partial charge < -0.3 is 10.2 Å². The first kappa shape index (κ1) is 20.3. The topological polar surface area (TPSA) is 49.4 Å². The molecule has 2 aromatic rings. The zero-order valence-electron chi connectivity index (χ0n) is 14.9. The van der Waals surface area contributed by atoms with E-state index in [-0.39, 0.29) is 11.8 Å². The van der Waals surface area contributed by atoms with Gasteiger partial charge >= 0.3 is 0 Å². The number of rotatable bonds is 7.